The van der Waals surface area contributed by atoms with Crippen molar-refractivity contribution in [1.29, 1.82) is 0 Å². The molecule has 2 aromatic rings. The monoisotopic (exact) mass is 550 g/mol. The van der Waals surface area contributed by atoms with Crippen molar-refractivity contribution in [3.63, 3.8) is 0 Å². The quantitative estimate of drug-likeness (QED) is 0.411. The zero-order valence-electron chi connectivity index (χ0n) is 22.3. The number of nitrogens with one attached hydrogen (secondary N) is 3. The number of urea groups is 2. The fourth-order valence-corrected chi connectivity index (χ4v) is 5.49. The molecule has 0 spiro atoms. The number of carbonyl (C=O) groups excluding carboxylic acids is 3. The molecule has 12 heteroatoms. The van der Waals surface area contributed by atoms with Gasteiger partial charge in [0, 0.05) is 43.7 Å². The molecule has 12 nitrogen and oxygen atoms in total. The topological polar surface area (TPSA) is 144 Å². The average Bonchev–Trinajstić information content (AvgIpc) is 3.71. The molecule has 212 valence electrons. The summed E-state index contributed by atoms with van der Waals surface area (Å²) in [6.07, 6.45) is 4.14. The van der Waals surface area contributed by atoms with Crippen molar-refractivity contribution in [3.05, 3.63) is 48.5 Å². The molecule has 3 fully saturated rings. The van der Waals surface area contributed by atoms with E-state index in [-0.39, 0.29) is 24.7 Å². The number of amides is 6. The molecule has 6 amide bonds. The zero-order chi connectivity index (χ0) is 28.2. The Bertz CT molecular complexity index is 1250. The number of rotatable bonds is 7. The number of likely N-dealkylation sites (N-methyl/N-ethyl adjacent to an activating group) is 1. The van der Waals surface area contributed by atoms with Gasteiger partial charge in [-0.3, -0.25) is 4.79 Å². The molecular formula is C28H34N6O6. The first-order valence-electron chi connectivity index (χ1n) is 13.5. The van der Waals surface area contributed by atoms with Crippen LogP contribution in [0.4, 0.5) is 31.4 Å². The first-order valence-corrected chi connectivity index (χ1v) is 13.5. The van der Waals surface area contributed by atoms with Crippen molar-refractivity contribution in [3.8, 4) is 5.75 Å². The van der Waals surface area contributed by atoms with Crippen LogP contribution in [-0.4, -0.2) is 83.8 Å². The number of carbonyl (C=O) groups is 4. The van der Waals surface area contributed by atoms with E-state index in [1.807, 2.05) is 48.5 Å². The van der Waals surface area contributed by atoms with E-state index in [0.29, 0.717) is 35.8 Å². The predicted molar refractivity (Wildman–Crippen MR) is 149 cm³/mol. The molecule has 1 aliphatic carbocycles. The maximum Gasteiger partial charge on any atom is 0.416 e. The smallest absolute Gasteiger partial charge is 0.416 e. The van der Waals surface area contributed by atoms with Gasteiger partial charge < -0.3 is 35.6 Å². The summed E-state index contributed by atoms with van der Waals surface area (Å²) in [7, 11) is 1.64. The molecule has 3 aliphatic rings. The maximum absolute atomic E-state index is 13.0. The molecule has 0 aromatic heterocycles. The third-order valence-corrected chi connectivity index (χ3v) is 7.73. The highest BCUT2D eigenvalue weighted by molar-refractivity contribution is 6.00. The number of imide groups is 1. The summed E-state index contributed by atoms with van der Waals surface area (Å²) < 4.78 is 5.97. The molecule has 2 heterocycles. The Labute approximate surface area is 232 Å². The first kappa shape index (κ1) is 27.1. The number of nitrogens with zero attached hydrogens (tertiary/aromatic N) is 3. The minimum atomic E-state index is -1.45. The van der Waals surface area contributed by atoms with Crippen LogP contribution in [0, 0.1) is 0 Å². The van der Waals surface area contributed by atoms with Crippen LogP contribution in [-0.2, 0) is 4.79 Å². The van der Waals surface area contributed by atoms with Gasteiger partial charge in [-0.2, -0.15) is 0 Å². The van der Waals surface area contributed by atoms with Gasteiger partial charge in [0.15, 0.2) is 0 Å². The minimum absolute atomic E-state index is 0.0348. The van der Waals surface area contributed by atoms with E-state index in [1.165, 1.54) is 17.7 Å². The van der Waals surface area contributed by atoms with Gasteiger partial charge in [-0.05, 0) is 80.6 Å². The number of anilines is 3. The lowest BCUT2D eigenvalue weighted by Crippen LogP contribution is -2.51. The first-order chi connectivity index (χ1) is 19.3. The predicted octanol–water partition coefficient (Wildman–Crippen LogP) is 3.76. The van der Waals surface area contributed by atoms with Crippen LogP contribution in [0.5, 0.6) is 5.75 Å². The molecule has 0 radical (unpaired) electrons. The Morgan fingerprint density at radius 1 is 0.975 bits per heavy atom. The maximum atomic E-state index is 13.0. The number of carboxylic acid groups (broad SMARTS) is 1. The molecule has 1 saturated carbocycles. The second-order valence-electron chi connectivity index (χ2n) is 10.4. The van der Waals surface area contributed by atoms with Crippen molar-refractivity contribution in [2.75, 3.05) is 42.2 Å². The Hall–Kier alpha value is -4.48. The summed E-state index contributed by atoms with van der Waals surface area (Å²) in [4.78, 5) is 52.9. The van der Waals surface area contributed by atoms with Gasteiger partial charge in [-0.15, -0.1) is 0 Å². The lowest BCUT2D eigenvalue weighted by molar-refractivity contribution is -0.135. The highest BCUT2D eigenvalue weighted by Gasteiger charge is 2.43. The zero-order valence-corrected chi connectivity index (χ0v) is 22.3. The number of hydrogen-bond donors (Lipinski definition) is 4. The van der Waals surface area contributed by atoms with Gasteiger partial charge >= 0.3 is 18.2 Å². The van der Waals surface area contributed by atoms with Gasteiger partial charge in [0.05, 0.1) is 12.1 Å². The largest absolute Gasteiger partial charge is 0.490 e. The van der Waals surface area contributed by atoms with Crippen LogP contribution in [0.25, 0.3) is 0 Å². The van der Waals surface area contributed by atoms with E-state index < -0.39 is 24.1 Å². The SMILES string of the molecule is CN(C(=O)[C@@H]1CNC(=O)N1C(=O)O)C1CCN(c2ccc(NC(=O)Nc3ccc(OC4CCCC4)cc3)cc2)C1. The molecule has 1 unspecified atom stereocenters. The van der Waals surface area contributed by atoms with Crippen LogP contribution in [0.2, 0.25) is 0 Å². The lowest BCUT2D eigenvalue weighted by Gasteiger charge is -2.29. The molecule has 2 atom stereocenters. The van der Waals surface area contributed by atoms with Crippen LogP contribution in [0.1, 0.15) is 32.1 Å². The van der Waals surface area contributed by atoms with Gasteiger partial charge in [0.1, 0.15) is 11.8 Å². The fourth-order valence-electron chi connectivity index (χ4n) is 5.49. The highest BCUT2D eigenvalue weighted by atomic mass is 16.5. The van der Waals surface area contributed by atoms with Gasteiger partial charge in [-0.1, -0.05) is 0 Å². The number of hydrogen-bond acceptors (Lipinski definition) is 6. The van der Waals surface area contributed by atoms with Crippen LogP contribution in [0.15, 0.2) is 48.5 Å². The van der Waals surface area contributed by atoms with Crippen LogP contribution >= 0.6 is 0 Å². The Kier molecular flexibility index (Phi) is 7.94. The van der Waals surface area contributed by atoms with E-state index in [1.54, 1.807) is 7.05 Å². The molecule has 40 heavy (non-hydrogen) atoms. The Morgan fingerprint density at radius 3 is 2.23 bits per heavy atom. The summed E-state index contributed by atoms with van der Waals surface area (Å²) in [6.45, 7) is 1.24. The highest BCUT2D eigenvalue weighted by Crippen LogP contribution is 2.27. The summed E-state index contributed by atoms with van der Waals surface area (Å²) in [6, 6.07) is 12.5. The third kappa shape index (κ3) is 6.05. The molecule has 4 N–H and O–H groups in total. The normalized spacial score (nSPS) is 20.8. The molecule has 0 bridgehead atoms. The van der Waals surface area contributed by atoms with E-state index in [4.69, 9.17) is 4.74 Å². The van der Waals surface area contributed by atoms with Crippen molar-refractivity contribution >= 4 is 41.1 Å². The van der Waals surface area contributed by atoms with Gasteiger partial charge in [-0.25, -0.2) is 19.3 Å². The van der Waals surface area contributed by atoms with Crippen molar-refractivity contribution < 1.29 is 29.0 Å². The van der Waals surface area contributed by atoms with Crippen molar-refractivity contribution in [1.82, 2.24) is 15.1 Å². The fraction of sp³-hybridized carbons (Fsp3) is 0.429. The molecule has 2 saturated heterocycles. The molecule has 2 aliphatic heterocycles. The minimum Gasteiger partial charge on any atom is -0.490 e. The van der Waals surface area contributed by atoms with Crippen molar-refractivity contribution in [2.24, 2.45) is 0 Å². The van der Waals surface area contributed by atoms with E-state index in [2.05, 4.69) is 20.9 Å². The standard InChI is InChI=1S/C28H34N6O6/c1-32(25(35)24-16-29-27(37)34(24)28(38)39)21-14-15-33(17-21)20-10-6-18(7-11-20)30-26(36)31-19-8-12-23(13-9-19)40-22-4-2-3-5-22/h6-13,21-22,24H,2-5,14-17H2,1H3,(H,29,37)(H,38,39)(H2,30,31,36)/t21?,24-/m0/s1. The number of benzene rings is 2. The molecule has 5 rings (SSSR count). The Balaban J connectivity index is 1.10. The summed E-state index contributed by atoms with van der Waals surface area (Å²) in [5.41, 5.74) is 2.24. The van der Waals surface area contributed by atoms with Gasteiger partial charge in [0.2, 0.25) is 5.91 Å². The Morgan fingerprint density at radius 2 is 1.60 bits per heavy atom. The van der Waals surface area contributed by atoms with Crippen LogP contribution < -0.4 is 25.6 Å². The summed E-state index contributed by atoms with van der Waals surface area (Å²) >= 11 is 0. The van der Waals surface area contributed by atoms with Crippen molar-refractivity contribution in [2.45, 2.75) is 50.3 Å². The van der Waals surface area contributed by atoms with Crippen LogP contribution in [0.3, 0.4) is 0 Å². The van der Waals surface area contributed by atoms with E-state index in [0.717, 1.165) is 24.3 Å². The lowest BCUT2D eigenvalue weighted by atomic mass is 10.2. The average molecular weight is 551 g/mol. The molecule has 2 aromatic carbocycles. The summed E-state index contributed by atoms with van der Waals surface area (Å²) in [5, 5.41) is 17.4. The second-order valence-corrected chi connectivity index (χ2v) is 10.4. The third-order valence-electron chi connectivity index (χ3n) is 7.73. The van der Waals surface area contributed by atoms with Gasteiger partial charge in [0.25, 0.3) is 0 Å². The van der Waals surface area contributed by atoms with E-state index in [9.17, 15) is 24.3 Å². The number of ether oxygens (including phenoxy) is 1. The summed E-state index contributed by atoms with van der Waals surface area (Å²) in [5.74, 6) is 0.398. The molecular weight excluding hydrogens is 516 g/mol. The second kappa shape index (κ2) is 11.7. The van der Waals surface area contributed by atoms with E-state index >= 15 is 0 Å².